The fourth-order valence-electron chi connectivity index (χ4n) is 3.97. The summed E-state index contributed by atoms with van der Waals surface area (Å²) in [6.45, 7) is 4.35. The van der Waals surface area contributed by atoms with E-state index in [1.54, 1.807) is 0 Å². The molecule has 5 heteroatoms. The molecule has 1 aromatic carbocycles. The maximum atomic E-state index is 11.3. The van der Waals surface area contributed by atoms with Crippen LogP contribution >= 0.6 is 0 Å². The number of carboxylic acid groups (broad SMARTS) is 1. The third-order valence-electron chi connectivity index (χ3n) is 5.84. The minimum Gasteiger partial charge on any atom is -0.481 e. The first-order chi connectivity index (χ1) is 15.5. The Kier molecular flexibility index (Phi) is 16.4. The van der Waals surface area contributed by atoms with Crippen molar-refractivity contribution in [2.24, 2.45) is 0 Å². The first-order valence-electron chi connectivity index (χ1n) is 12.6. The van der Waals surface area contributed by atoms with Crippen LogP contribution in [0.3, 0.4) is 0 Å². The van der Waals surface area contributed by atoms with E-state index in [9.17, 15) is 9.59 Å². The van der Waals surface area contributed by atoms with Gasteiger partial charge in [0.25, 0.3) is 0 Å². The highest BCUT2D eigenvalue weighted by atomic mass is 16.5. The van der Waals surface area contributed by atoms with Crippen LogP contribution in [0, 0.1) is 0 Å². The van der Waals surface area contributed by atoms with Gasteiger partial charge in [0.1, 0.15) is 6.10 Å². The minimum absolute atomic E-state index is 0.0665. The highest BCUT2D eigenvalue weighted by molar-refractivity contribution is 5.66. The average Bonchev–Trinajstić information content (AvgIpc) is 2.77. The van der Waals surface area contributed by atoms with Crippen LogP contribution in [-0.2, 0) is 25.7 Å². The third kappa shape index (κ3) is 15.9. The molecule has 0 aliphatic carbocycles. The van der Waals surface area contributed by atoms with Gasteiger partial charge in [-0.3, -0.25) is 9.59 Å². The first-order valence-corrected chi connectivity index (χ1v) is 12.6. The molecule has 32 heavy (non-hydrogen) atoms. The van der Waals surface area contributed by atoms with E-state index in [4.69, 9.17) is 14.6 Å². The van der Waals surface area contributed by atoms with Gasteiger partial charge in [-0.2, -0.15) is 0 Å². The van der Waals surface area contributed by atoms with Crippen LogP contribution in [0.25, 0.3) is 0 Å². The normalized spacial score (nSPS) is 12.9. The van der Waals surface area contributed by atoms with Crippen molar-refractivity contribution < 1.29 is 24.2 Å². The summed E-state index contributed by atoms with van der Waals surface area (Å²) < 4.78 is 11.5. The van der Waals surface area contributed by atoms with Crippen LogP contribution in [0.5, 0.6) is 0 Å². The first kappa shape index (κ1) is 28.2. The molecule has 2 atom stereocenters. The third-order valence-corrected chi connectivity index (χ3v) is 5.84. The zero-order valence-corrected chi connectivity index (χ0v) is 20.2. The highest BCUT2D eigenvalue weighted by Gasteiger charge is 2.12. The van der Waals surface area contributed by atoms with E-state index in [0.29, 0.717) is 19.1 Å². The molecule has 0 saturated carbocycles. The molecule has 0 bridgehead atoms. The predicted octanol–water partition coefficient (Wildman–Crippen LogP) is 7.07. The van der Waals surface area contributed by atoms with Gasteiger partial charge in [-0.1, -0.05) is 75.8 Å². The Morgan fingerprint density at radius 1 is 0.812 bits per heavy atom. The summed E-state index contributed by atoms with van der Waals surface area (Å²) in [5.74, 6) is -1.01. The fraction of sp³-hybridized carbons (Fsp3) is 0.704. The van der Waals surface area contributed by atoms with Crippen molar-refractivity contribution in [1.82, 2.24) is 0 Å². The van der Waals surface area contributed by atoms with E-state index in [2.05, 4.69) is 31.2 Å². The van der Waals surface area contributed by atoms with Crippen molar-refractivity contribution in [3.8, 4) is 0 Å². The minimum atomic E-state index is -0.765. The second kappa shape index (κ2) is 18.7. The number of ether oxygens (including phenoxy) is 2. The van der Waals surface area contributed by atoms with Crippen molar-refractivity contribution in [3.05, 3.63) is 35.9 Å². The lowest BCUT2D eigenvalue weighted by atomic mass is 10.0. The number of hydrogen-bond donors (Lipinski definition) is 1. The lowest BCUT2D eigenvalue weighted by Crippen LogP contribution is -2.16. The van der Waals surface area contributed by atoms with Crippen LogP contribution in [-0.4, -0.2) is 29.3 Å². The van der Waals surface area contributed by atoms with Gasteiger partial charge < -0.3 is 14.6 Å². The van der Waals surface area contributed by atoms with Crippen molar-refractivity contribution in [3.63, 3.8) is 0 Å². The molecule has 0 radical (unpaired) electrons. The monoisotopic (exact) mass is 448 g/mol. The molecule has 0 saturated heterocycles. The van der Waals surface area contributed by atoms with E-state index in [-0.39, 0.29) is 18.5 Å². The van der Waals surface area contributed by atoms with Gasteiger partial charge in [0, 0.05) is 13.3 Å². The summed E-state index contributed by atoms with van der Waals surface area (Å²) in [4.78, 5) is 21.9. The van der Waals surface area contributed by atoms with E-state index >= 15 is 0 Å². The summed E-state index contributed by atoms with van der Waals surface area (Å²) in [7, 11) is 0. The predicted molar refractivity (Wildman–Crippen MR) is 129 cm³/mol. The molecule has 0 aliphatic rings. The highest BCUT2D eigenvalue weighted by Crippen LogP contribution is 2.17. The lowest BCUT2D eigenvalue weighted by Gasteiger charge is -2.17. The van der Waals surface area contributed by atoms with Crippen molar-refractivity contribution in [2.45, 2.75) is 123 Å². The molecule has 0 spiro atoms. The maximum Gasteiger partial charge on any atom is 0.303 e. The number of unbranched alkanes of at least 4 members (excludes halogenated alkanes) is 7. The summed E-state index contributed by atoms with van der Waals surface area (Å²) in [6.07, 6.45) is 14.2. The number of rotatable bonds is 20. The zero-order chi connectivity index (χ0) is 23.4. The summed E-state index contributed by atoms with van der Waals surface area (Å²) in [5, 5.41) is 8.72. The second-order valence-corrected chi connectivity index (χ2v) is 8.75. The molecular weight excluding hydrogens is 404 g/mol. The molecule has 1 rings (SSSR count). The summed E-state index contributed by atoms with van der Waals surface area (Å²) in [6, 6.07) is 10.4. The summed E-state index contributed by atoms with van der Waals surface area (Å²) in [5.41, 5.74) is 1.24. The van der Waals surface area contributed by atoms with Crippen LogP contribution in [0.15, 0.2) is 30.3 Å². The van der Waals surface area contributed by atoms with Crippen molar-refractivity contribution >= 4 is 11.9 Å². The van der Waals surface area contributed by atoms with Gasteiger partial charge in [-0.05, 0) is 50.5 Å². The average molecular weight is 449 g/mol. The van der Waals surface area contributed by atoms with E-state index in [1.807, 2.05) is 6.07 Å². The van der Waals surface area contributed by atoms with Gasteiger partial charge in [0.15, 0.2) is 0 Å². The zero-order valence-electron chi connectivity index (χ0n) is 20.2. The van der Waals surface area contributed by atoms with Gasteiger partial charge in [0.2, 0.25) is 0 Å². The quantitative estimate of drug-likeness (QED) is 0.171. The topological polar surface area (TPSA) is 72.8 Å². The molecule has 0 heterocycles. The van der Waals surface area contributed by atoms with Crippen LogP contribution in [0.4, 0.5) is 0 Å². The van der Waals surface area contributed by atoms with Gasteiger partial charge in [-0.15, -0.1) is 0 Å². The Morgan fingerprint density at radius 3 is 1.88 bits per heavy atom. The largest absolute Gasteiger partial charge is 0.481 e. The van der Waals surface area contributed by atoms with Crippen molar-refractivity contribution in [2.75, 3.05) is 0 Å². The molecule has 0 fully saturated rings. The molecule has 2 unspecified atom stereocenters. The Hall–Kier alpha value is -1.88. The standard InChI is InChI=1S/C27H44O5/c1-3-25(31-22-24-16-10-9-11-17-24)18-12-7-5-4-6-8-13-19-26(32-23(2)28)20-14-15-21-27(29)30/h9-11,16-17,25-26H,3-8,12-15,18-22H2,1-2H3,(H,29,30). The van der Waals surface area contributed by atoms with E-state index in [1.165, 1.54) is 44.6 Å². The van der Waals surface area contributed by atoms with Gasteiger partial charge >= 0.3 is 11.9 Å². The van der Waals surface area contributed by atoms with Crippen LogP contribution < -0.4 is 0 Å². The fourth-order valence-corrected chi connectivity index (χ4v) is 3.97. The molecule has 0 amide bonds. The second-order valence-electron chi connectivity index (χ2n) is 8.75. The number of benzene rings is 1. The lowest BCUT2D eigenvalue weighted by molar-refractivity contribution is -0.147. The Labute approximate surface area is 194 Å². The number of carboxylic acids is 1. The number of aliphatic carboxylic acids is 1. The molecule has 1 aromatic rings. The molecule has 1 N–H and O–H groups in total. The van der Waals surface area contributed by atoms with Crippen LogP contribution in [0.2, 0.25) is 0 Å². The Balaban J connectivity index is 2.03. The van der Waals surface area contributed by atoms with Crippen molar-refractivity contribution in [1.29, 1.82) is 0 Å². The van der Waals surface area contributed by atoms with Gasteiger partial charge in [0.05, 0.1) is 12.7 Å². The molecule has 0 aliphatic heterocycles. The SMILES string of the molecule is CCC(CCCCCCCCCC(CCCCC(=O)O)OC(C)=O)OCc1ccccc1. The Bertz CT molecular complexity index is 601. The number of carbonyl (C=O) groups excluding carboxylic acids is 1. The maximum absolute atomic E-state index is 11.3. The molecular formula is C27H44O5. The molecule has 5 nitrogen and oxygen atoms in total. The van der Waals surface area contributed by atoms with Crippen LogP contribution in [0.1, 0.15) is 109 Å². The van der Waals surface area contributed by atoms with Gasteiger partial charge in [-0.25, -0.2) is 0 Å². The summed E-state index contributed by atoms with van der Waals surface area (Å²) >= 11 is 0. The number of hydrogen-bond acceptors (Lipinski definition) is 4. The van der Waals surface area contributed by atoms with E-state index in [0.717, 1.165) is 44.9 Å². The number of carbonyl (C=O) groups is 2. The molecule has 0 aromatic heterocycles. The molecule has 182 valence electrons. The Morgan fingerprint density at radius 2 is 1.34 bits per heavy atom. The van der Waals surface area contributed by atoms with E-state index < -0.39 is 5.97 Å². The number of esters is 1. The smallest absolute Gasteiger partial charge is 0.303 e.